The zero-order valence-corrected chi connectivity index (χ0v) is 13.9. The van der Waals surface area contributed by atoms with Crippen LogP contribution in [0.25, 0.3) is 0 Å². The summed E-state index contributed by atoms with van der Waals surface area (Å²) >= 11 is 0. The van der Waals surface area contributed by atoms with E-state index in [-0.39, 0.29) is 11.8 Å². The Morgan fingerprint density at radius 1 is 1.05 bits per heavy atom. The van der Waals surface area contributed by atoms with E-state index in [1.165, 1.54) is 51.4 Å². The Hall–Kier alpha value is -0.660. The maximum absolute atomic E-state index is 12.2. The van der Waals surface area contributed by atoms with Crippen molar-refractivity contribution in [3.8, 4) is 0 Å². The molecule has 0 radical (unpaired) electrons. The van der Waals surface area contributed by atoms with Gasteiger partial charge in [0, 0.05) is 18.3 Å². The molecule has 0 aromatic heterocycles. The molecule has 0 aromatic rings. The van der Waals surface area contributed by atoms with Crippen LogP contribution in [0.1, 0.15) is 96.8 Å². The summed E-state index contributed by atoms with van der Waals surface area (Å²) in [6.45, 7) is 2.23. The van der Waals surface area contributed by atoms with Crippen molar-refractivity contribution in [2.24, 2.45) is 11.8 Å². The van der Waals surface area contributed by atoms with Gasteiger partial charge in [-0.15, -0.1) is 0 Å². The Morgan fingerprint density at radius 3 is 2.52 bits per heavy atom. The summed E-state index contributed by atoms with van der Waals surface area (Å²) in [5.41, 5.74) is 0. The number of hydrogen-bond donors (Lipinski definition) is 0. The van der Waals surface area contributed by atoms with Gasteiger partial charge in [-0.3, -0.25) is 4.79 Å². The molecule has 2 nitrogen and oxygen atoms in total. The third-order valence-corrected chi connectivity index (χ3v) is 4.89. The summed E-state index contributed by atoms with van der Waals surface area (Å²) in [7, 11) is 0. The van der Waals surface area contributed by atoms with Gasteiger partial charge in [0.2, 0.25) is 0 Å². The fourth-order valence-electron chi connectivity index (χ4n) is 3.45. The van der Waals surface area contributed by atoms with E-state index in [9.17, 15) is 9.59 Å². The largest absolute Gasteiger partial charge is 0.303 e. The van der Waals surface area contributed by atoms with Crippen molar-refractivity contribution in [3.05, 3.63) is 0 Å². The highest BCUT2D eigenvalue weighted by Crippen LogP contribution is 2.26. The molecule has 21 heavy (non-hydrogen) atoms. The molecule has 0 amide bonds. The van der Waals surface area contributed by atoms with Crippen molar-refractivity contribution >= 4 is 12.1 Å². The molecule has 1 aliphatic carbocycles. The number of carbonyl (C=O) groups is 2. The Labute approximate surface area is 131 Å². The van der Waals surface area contributed by atoms with Crippen molar-refractivity contribution in [2.75, 3.05) is 0 Å². The smallest absolute Gasteiger partial charge is 0.135 e. The number of hydrogen-bond acceptors (Lipinski definition) is 2. The first kappa shape index (κ1) is 18.4. The van der Waals surface area contributed by atoms with E-state index in [4.69, 9.17) is 0 Å². The lowest BCUT2D eigenvalue weighted by Crippen LogP contribution is -2.20. The zero-order valence-electron chi connectivity index (χ0n) is 13.9. The lowest BCUT2D eigenvalue weighted by Gasteiger charge is -2.21. The molecule has 122 valence electrons. The highest BCUT2D eigenvalue weighted by molar-refractivity contribution is 5.81. The first-order chi connectivity index (χ1) is 10.3. The van der Waals surface area contributed by atoms with Crippen molar-refractivity contribution < 1.29 is 9.59 Å². The van der Waals surface area contributed by atoms with E-state index in [1.807, 2.05) is 0 Å². The van der Waals surface area contributed by atoms with Crippen molar-refractivity contribution in [1.29, 1.82) is 0 Å². The summed E-state index contributed by atoms with van der Waals surface area (Å²) in [5, 5.41) is 0. The van der Waals surface area contributed by atoms with Gasteiger partial charge in [-0.1, -0.05) is 64.7 Å². The van der Waals surface area contributed by atoms with Crippen molar-refractivity contribution in [3.63, 3.8) is 0 Å². The Bertz CT molecular complexity index is 285. The molecule has 0 aliphatic heterocycles. The lowest BCUT2D eigenvalue weighted by atomic mass is 9.82. The molecule has 1 aliphatic rings. The molecule has 1 fully saturated rings. The summed E-state index contributed by atoms with van der Waals surface area (Å²) in [4.78, 5) is 23.4. The average Bonchev–Trinajstić information content (AvgIpc) is 2.48. The maximum Gasteiger partial charge on any atom is 0.135 e. The zero-order chi connectivity index (χ0) is 15.3. The van der Waals surface area contributed by atoms with Gasteiger partial charge in [0.25, 0.3) is 0 Å². The molecule has 0 saturated heterocycles. The number of unbranched alkanes of at least 4 members (excludes halogenated alkanes) is 5. The molecule has 2 atom stereocenters. The number of ketones is 1. The molecule has 0 heterocycles. The van der Waals surface area contributed by atoms with Crippen LogP contribution < -0.4 is 0 Å². The summed E-state index contributed by atoms with van der Waals surface area (Å²) in [6.07, 6.45) is 17.0. The van der Waals surface area contributed by atoms with Gasteiger partial charge in [0.1, 0.15) is 12.1 Å². The maximum atomic E-state index is 12.2. The van der Waals surface area contributed by atoms with Crippen LogP contribution in [0.4, 0.5) is 0 Å². The third-order valence-electron chi connectivity index (χ3n) is 4.89. The van der Waals surface area contributed by atoms with Gasteiger partial charge in [0.05, 0.1) is 0 Å². The minimum Gasteiger partial charge on any atom is -0.303 e. The van der Waals surface area contributed by atoms with Crippen molar-refractivity contribution in [2.45, 2.75) is 96.8 Å². The Morgan fingerprint density at radius 2 is 1.76 bits per heavy atom. The molecule has 1 saturated carbocycles. The standard InChI is InChI=1S/C19H34O2/c1-2-3-4-5-6-9-12-17(16-20)15-18-13-10-7-8-11-14-19(18)21/h16-18H,2-15H2,1H3. The molecule has 2 unspecified atom stereocenters. The number of rotatable bonds is 10. The molecular weight excluding hydrogens is 260 g/mol. The highest BCUT2D eigenvalue weighted by Gasteiger charge is 2.23. The fraction of sp³-hybridized carbons (Fsp3) is 0.895. The summed E-state index contributed by atoms with van der Waals surface area (Å²) < 4.78 is 0. The van der Waals surface area contributed by atoms with Crippen LogP contribution in [0.5, 0.6) is 0 Å². The average molecular weight is 294 g/mol. The highest BCUT2D eigenvalue weighted by atomic mass is 16.1. The molecular formula is C19H34O2. The van der Waals surface area contributed by atoms with Crippen LogP contribution in [-0.4, -0.2) is 12.1 Å². The topological polar surface area (TPSA) is 34.1 Å². The third kappa shape index (κ3) is 8.38. The van der Waals surface area contributed by atoms with Gasteiger partial charge < -0.3 is 4.79 Å². The molecule has 2 heteroatoms. The molecule has 0 spiro atoms. The second-order valence-corrected chi connectivity index (χ2v) is 6.80. The van der Waals surface area contributed by atoms with E-state index >= 15 is 0 Å². The van der Waals surface area contributed by atoms with Crippen LogP contribution in [0.15, 0.2) is 0 Å². The van der Waals surface area contributed by atoms with Gasteiger partial charge >= 0.3 is 0 Å². The van der Waals surface area contributed by atoms with Gasteiger partial charge in [0.15, 0.2) is 0 Å². The Kier molecular flexibility index (Phi) is 10.5. The molecule has 0 bridgehead atoms. The molecule has 0 N–H and O–H groups in total. The molecule has 1 rings (SSSR count). The SMILES string of the molecule is CCCCCCCCC(C=O)CC1CCCCCCC1=O. The molecule has 0 aromatic carbocycles. The van der Waals surface area contributed by atoms with E-state index < -0.39 is 0 Å². The van der Waals surface area contributed by atoms with E-state index in [0.717, 1.165) is 44.8 Å². The minimum absolute atomic E-state index is 0.115. The first-order valence-corrected chi connectivity index (χ1v) is 9.26. The number of Topliss-reactive ketones (excluding diaryl/α,β-unsaturated/α-hetero) is 1. The summed E-state index contributed by atoms with van der Waals surface area (Å²) in [6, 6.07) is 0. The number of carbonyl (C=O) groups excluding carboxylic acids is 2. The van der Waals surface area contributed by atoms with Crippen LogP contribution in [0.3, 0.4) is 0 Å². The quantitative estimate of drug-likeness (QED) is 0.395. The second kappa shape index (κ2) is 11.9. The van der Waals surface area contributed by atoms with Gasteiger partial charge in [-0.2, -0.15) is 0 Å². The van der Waals surface area contributed by atoms with E-state index in [2.05, 4.69) is 6.92 Å². The first-order valence-electron chi connectivity index (χ1n) is 9.26. The normalized spacial score (nSPS) is 21.6. The van der Waals surface area contributed by atoms with Crippen LogP contribution >= 0.6 is 0 Å². The van der Waals surface area contributed by atoms with Crippen molar-refractivity contribution in [1.82, 2.24) is 0 Å². The van der Waals surface area contributed by atoms with E-state index in [0.29, 0.717) is 5.78 Å². The van der Waals surface area contributed by atoms with Crippen LogP contribution in [0, 0.1) is 11.8 Å². The Balaban J connectivity index is 2.24. The predicted octanol–water partition coefficient (Wildman–Crippen LogP) is 5.48. The minimum atomic E-state index is 0.115. The monoisotopic (exact) mass is 294 g/mol. The second-order valence-electron chi connectivity index (χ2n) is 6.80. The van der Waals surface area contributed by atoms with E-state index in [1.54, 1.807) is 0 Å². The number of aldehydes is 1. The van der Waals surface area contributed by atoms with Gasteiger partial charge in [-0.05, 0) is 25.7 Å². The lowest BCUT2D eigenvalue weighted by molar-refractivity contribution is -0.124. The fourth-order valence-corrected chi connectivity index (χ4v) is 3.45. The van der Waals surface area contributed by atoms with Crippen LogP contribution in [-0.2, 0) is 9.59 Å². The predicted molar refractivity (Wildman–Crippen MR) is 88.4 cm³/mol. The summed E-state index contributed by atoms with van der Waals surface area (Å²) in [5.74, 6) is 0.703. The van der Waals surface area contributed by atoms with Gasteiger partial charge in [-0.25, -0.2) is 0 Å². The van der Waals surface area contributed by atoms with Crippen LogP contribution in [0.2, 0.25) is 0 Å².